The van der Waals surface area contributed by atoms with E-state index in [9.17, 15) is 65.1 Å². The summed E-state index contributed by atoms with van der Waals surface area (Å²) in [7, 11) is 0. The number of hydrogen-bond donors (Lipinski definition) is 9. The Morgan fingerprint density at radius 1 is 0.661 bits per heavy atom. The van der Waals surface area contributed by atoms with E-state index in [2.05, 4.69) is 0 Å². The number of phenolic OH excluding ortho intramolecular Hbond substituents is 2. The summed E-state index contributed by atoms with van der Waals surface area (Å²) in [6, 6.07) is 8.06. The lowest BCUT2D eigenvalue weighted by molar-refractivity contribution is -0.399. The number of carbonyl (C=O) groups excluding carboxylic acids is 2. The zero-order valence-corrected chi connectivity index (χ0v) is 32.3. The Kier molecular flexibility index (Phi) is 9.88. The largest absolute Gasteiger partial charge is 0.507 e. The van der Waals surface area contributed by atoms with Gasteiger partial charge in [0.2, 0.25) is 6.29 Å². The molecule has 4 aromatic carbocycles. The average Bonchev–Trinajstić information content (AvgIpc) is 3.17. The second-order valence-electron chi connectivity index (χ2n) is 15.2. The molecule has 1 fully saturated rings. The molecule has 17 heteroatoms. The highest BCUT2D eigenvalue weighted by Crippen LogP contribution is 2.53. The van der Waals surface area contributed by atoms with E-state index in [-0.39, 0.29) is 61.2 Å². The number of ether oxygens (including phenoxy) is 2. The van der Waals surface area contributed by atoms with Crippen LogP contribution in [0, 0.1) is 27.7 Å². The van der Waals surface area contributed by atoms with Gasteiger partial charge in [-0.2, -0.15) is 0 Å². The fourth-order valence-corrected chi connectivity index (χ4v) is 8.38. The molecule has 310 valence electrons. The summed E-state index contributed by atoms with van der Waals surface area (Å²) in [6.45, 7) is 7.71. The minimum atomic E-state index is -2.03. The zero-order chi connectivity index (χ0) is 43.4. The van der Waals surface area contributed by atoms with Crippen molar-refractivity contribution in [2.75, 3.05) is 6.61 Å². The van der Waals surface area contributed by atoms with Gasteiger partial charge in [0.15, 0.2) is 22.8 Å². The molecule has 0 bridgehead atoms. The fraction of sp³-hybridized carbons (Fsp3) is 0.333. The smallest absolute Gasteiger partial charge is 0.339 e. The predicted molar refractivity (Wildman–Crippen MR) is 200 cm³/mol. The van der Waals surface area contributed by atoms with E-state index in [0.717, 1.165) is 12.1 Å². The Morgan fingerprint density at radius 2 is 1.12 bits per heavy atom. The van der Waals surface area contributed by atoms with Crippen LogP contribution in [0.3, 0.4) is 0 Å². The highest BCUT2D eigenvalue weighted by molar-refractivity contribution is 6.18. The molecule has 0 saturated carbocycles. The Balaban J connectivity index is 1.46. The number of benzene rings is 4. The Bertz CT molecular complexity index is 2520. The summed E-state index contributed by atoms with van der Waals surface area (Å²) >= 11 is 0. The van der Waals surface area contributed by atoms with Crippen molar-refractivity contribution in [3.63, 3.8) is 0 Å². The van der Waals surface area contributed by atoms with E-state index < -0.39 is 106 Å². The van der Waals surface area contributed by atoms with Crippen molar-refractivity contribution in [3.05, 3.63) is 114 Å². The summed E-state index contributed by atoms with van der Waals surface area (Å²) in [4.78, 5) is 66.6. The number of phenols is 3. The van der Waals surface area contributed by atoms with Crippen molar-refractivity contribution in [3.8, 4) is 23.0 Å². The highest BCUT2D eigenvalue weighted by Gasteiger charge is 2.52. The SMILES string of the molecule is Cc1ccc2c(c1O)C(=O)c1c(cc(O)c(C(=O)O)c1C)C2(C)OOC1(C)c2cc(OC3OC(CO)C(O)C(O)C3O)c(C(=O)O)c(C)c2C(=O)c2c1ccc(C)c2O. The maximum atomic E-state index is 14.5. The number of carbonyl (C=O) groups is 4. The summed E-state index contributed by atoms with van der Waals surface area (Å²) in [5.74, 6) is -6.85. The van der Waals surface area contributed by atoms with Crippen LogP contribution in [-0.2, 0) is 25.7 Å². The van der Waals surface area contributed by atoms with E-state index in [1.165, 1.54) is 58.9 Å². The minimum Gasteiger partial charge on any atom is -0.507 e. The van der Waals surface area contributed by atoms with Crippen LogP contribution in [0.5, 0.6) is 23.0 Å². The van der Waals surface area contributed by atoms with Crippen LogP contribution >= 0.6 is 0 Å². The molecule has 7 unspecified atom stereocenters. The van der Waals surface area contributed by atoms with Gasteiger partial charge in [0.05, 0.1) is 17.7 Å². The van der Waals surface area contributed by atoms with Gasteiger partial charge < -0.3 is 55.4 Å². The lowest BCUT2D eigenvalue weighted by Gasteiger charge is -2.43. The number of aromatic carboxylic acids is 2. The minimum absolute atomic E-state index is 0.00213. The highest BCUT2D eigenvalue weighted by atomic mass is 17.2. The maximum Gasteiger partial charge on any atom is 0.339 e. The number of aliphatic hydroxyl groups is 4. The number of ketones is 2. The van der Waals surface area contributed by atoms with Gasteiger partial charge in [0.25, 0.3) is 0 Å². The summed E-state index contributed by atoms with van der Waals surface area (Å²) < 4.78 is 11.4. The van der Waals surface area contributed by atoms with Crippen molar-refractivity contribution in [2.24, 2.45) is 0 Å². The van der Waals surface area contributed by atoms with E-state index >= 15 is 0 Å². The monoisotopic (exact) mass is 816 g/mol. The standard InChI is InChI=1S/C42H40O17/c1-14-7-9-18-29(31(14)45)34(48)25-16(3)27(38(52)53)22(44)11-20(25)41(18,5)58-59-42(6)19-10-8-15(2)32(46)30(19)35(49)26-17(4)28(39(54)55)23(12-21(26)42)56-40-37(51)36(50)33(47)24(13-43)57-40/h7-12,24,33,36-37,40,43-47,50-51H,13H2,1-6H3,(H,52,53)(H,54,55). The van der Waals surface area contributed by atoms with Gasteiger partial charge in [-0.05, 0) is 75.9 Å². The van der Waals surface area contributed by atoms with Gasteiger partial charge in [0, 0.05) is 33.4 Å². The lowest BCUT2D eigenvalue weighted by atomic mass is 9.71. The molecule has 17 nitrogen and oxygen atoms in total. The first-order valence-electron chi connectivity index (χ1n) is 18.2. The van der Waals surface area contributed by atoms with Crippen molar-refractivity contribution in [1.29, 1.82) is 0 Å². The van der Waals surface area contributed by atoms with Crippen molar-refractivity contribution in [1.82, 2.24) is 0 Å². The predicted octanol–water partition coefficient (Wildman–Crippen LogP) is 2.88. The number of aryl methyl sites for hydroxylation is 2. The van der Waals surface area contributed by atoms with Crippen LogP contribution in [0.15, 0.2) is 36.4 Å². The van der Waals surface area contributed by atoms with Crippen LogP contribution in [0.25, 0.3) is 0 Å². The molecule has 59 heavy (non-hydrogen) atoms. The topological polar surface area (TPSA) is 287 Å². The third-order valence-corrected chi connectivity index (χ3v) is 11.7. The van der Waals surface area contributed by atoms with Crippen LogP contribution in [-0.4, -0.2) is 107 Å². The number of hydrogen-bond acceptors (Lipinski definition) is 15. The van der Waals surface area contributed by atoms with E-state index in [0.29, 0.717) is 5.56 Å². The molecule has 0 spiro atoms. The molecule has 0 amide bonds. The number of fused-ring (bicyclic) bond motifs is 4. The molecule has 0 radical (unpaired) electrons. The Labute approximate surface area is 334 Å². The van der Waals surface area contributed by atoms with Gasteiger partial charge in [-0.1, -0.05) is 24.3 Å². The van der Waals surface area contributed by atoms with E-state index in [4.69, 9.17) is 19.2 Å². The Hall–Kier alpha value is -5.92. The lowest BCUT2D eigenvalue weighted by Crippen LogP contribution is -2.60. The van der Waals surface area contributed by atoms with E-state index in [1.807, 2.05) is 0 Å². The normalized spacial score (nSPS) is 25.8. The van der Waals surface area contributed by atoms with Gasteiger partial charge >= 0.3 is 11.9 Å². The van der Waals surface area contributed by atoms with Gasteiger partial charge in [0.1, 0.15) is 58.5 Å². The van der Waals surface area contributed by atoms with Gasteiger partial charge in [-0.15, -0.1) is 0 Å². The number of aromatic hydroxyl groups is 3. The van der Waals surface area contributed by atoms with Gasteiger partial charge in [-0.25, -0.2) is 19.4 Å². The molecule has 2 aliphatic carbocycles. The first-order chi connectivity index (χ1) is 27.6. The Morgan fingerprint density at radius 3 is 1.58 bits per heavy atom. The van der Waals surface area contributed by atoms with Crippen LogP contribution < -0.4 is 4.74 Å². The molecule has 9 N–H and O–H groups in total. The average molecular weight is 817 g/mol. The van der Waals surface area contributed by atoms with Crippen molar-refractivity contribution >= 4 is 23.5 Å². The number of carboxylic acids is 2. The molecular formula is C42H40O17. The summed E-state index contributed by atoms with van der Waals surface area (Å²) in [5.41, 5.74) is -6.08. The quantitative estimate of drug-likeness (QED) is 0.0913. The fourth-order valence-electron chi connectivity index (χ4n) is 8.38. The van der Waals surface area contributed by atoms with Crippen molar-refractivity contribution in [2.45, 2.75) is 83.5 Å². The molecule has 4 aromatic rings. The first-order valence-corrected chi connectivity index (χ1v) is 18.2. The summed E-state index contributed by atoms with van der Waals surface area (Å²) in [6.07, 6.45) is -8.92. The molecular weight excluding hydrogens is 776 g/mol. The molecule has 1 aliphatic heterocycles. The van der Waals surface area contributed by atoms with Crippen LogP contribution in [0.4, 0.5) is 0 Å². The van der Waals surface area contributed by atoms with E-state index in [1.54, 1.807) is 6.92 Å². The number of aliphatic hydroxyl groups excluding tert-OH is 4. The van der Waals surface area contributed by atoms with Crippen LogP contribution in [0.1, 0.15) is 111 Å². The number of carboxylic acid groups (broad SMARTS) is 2. The summed E-state index contributed by atoms with van der Waals surface area (Å²) in [5, 5.41) is 95.4. The molecule has 1 saturated heterocycles. The molecule has 3 aliphatic rings. The second-order valence-corrected chi connectivity index (χ2v) is 15.2. The third kappa shape index (κ3) is 5.88. The third-order valence-electron chi connectivity index (χ3n) is 11.7. The zero-order valence-electron chi connectivity index (χ0n) is 32.3. The molecule has 7 rings (SSSR count). The number of rotatable bonds is 8. The first kappa shape index (κ1) is 41.2. The van der Waals surface area contributed by atoms with Crippen LogP contribution in [0.2, 0.25) is 0 Å². The van der Waals surface area contributed by atoms with Gasteiger partial charge in [-0.3, -0.25) is 9.59 Å². The second kappa shape index (κ2) is 14.1. The van der Waals surface area contributed by atoms with Crippen molar-refractivity contribution < 1.29 is 84.4 Å². The molecule has 7 atom stereocenters. The molecule has 0 aromatic heterocycles. The molecule has 1 heterocycles. The maximum absolute atomic E-state index is 14.5.